The van der Waals surface area contributed by atoms with Crippen molar-refractivity contribution in [2.24, 2.45) is 7.05 Å². The number of hydrogen-bond donors (Lipinski definition) is 0. The van der Waals surface area contributed by atoms with E-state index in [1.165, 1.54) is 66.1 Å². The Labute approximate surface area is 430 Å². The second kappa shape index (κ2) is 17.2. The van der Waals surface area contributed by atoms with Gasteiger partial charge in [0.05, 0.1) is 12.6 Å². The van der Waals surface area contributed by atoms with Gasteiger partial charge in [-0.25, -0.2) is 0 Å². The highest BCUT2D eigenvalue weighted by Gasteiger charge is 2.45. The van der Waals surface area contributed by atoms with Crippen molar-refractivity contribution in [3.63, 3.8) is 0 Å². The van der Waals surface area contributed by atoms with Crippen molar-refractivity contribution < 1.29 is 1.37 Å². The van der Waals surface area contributed by atoms with Crippen molar-refractivity contribution >= 4 is 113 Å². The second-order valence-corrected chi connectivity index (χ2v) is 20.3. The van der Waals surface area contributed by atoms with Gasteiger partial charge in [0, 0.05) is 85.9 Å². The standard InChI is InChI=1S/C67H56BN5/c1-43-15-27-49(28-16-43)70(50-29-17-44(2)18-30-50)55-39-40-57-61(41-55)72(53-35-23-47(5)24-36-53)59-13-10-14-60-65(59)68(57)66-62(73(60)54-37-25-48(6)26-38-54)42-63(67-64(66)56-11-8-9-12-58(56)69(67)7)71(51-31-19-45(3)20-32-51)52-33-21-46(4)22-34-52/h8-42H,1-7H3/i10D. The normalized spacial score (nSPS) is 12.7. The summed E-state index contributed by atoms with van der Waals surface area (Å²) < 4.78 is 12.2. The van der Waals surface area contributed by atoms with E-state index >= 15 is 0 Å². The average molecular weight is 943 g/mol. The van der Waals surface area contributed by atoms with Gasteiger partial charge in [-0.15, -0.1) is 0 Å². The number of aromatic nitrogens is 1. The Bertz CT molecular complexity index is 3870. The number of aryl methyl sites for hydroxylation is 7. The molecule has 3 heterocycles. The molecule has 0 saturated carbocycles. The number of benzene rings is 10. The first-order valence-corrected chi connectivity index (χ1v) is 25.4. The van der Waals surface area contributed by atoms with E-state index in [9.17, 15) is 1.37 Å². The first-order chi connectivity index (χ1) is 36.0. The molecule has 0 saturated heterocycles. The largest absolute Gasteiger partial charge is 0.342 e. The first-order valence-electron chi connectivity index (χ1n) is 25.9. The maximum Gasteiger partial charge on any atom is 0.253 e. The lowest BCUT2D eigenvalue weighted by Gasteiger charge is -2.45. The highest BCUT2D eigenvalue weighted by Crippen LogP contribution is 2.51. The van der Waals surface area contributed by atoms with Crippen LogP contribution in [0.15, 0.2) is 212 Å². The van der Waals surface area contributed by atoms with Crippen LogP contribution in [0.2, 0.25) is 0 Å². The second-order valence-electron chi connectivity index (χ2n) is 20.3. The Morgan fingerprint density at radius 1 is 0.397 bits per heavy atom. The Morgan fingerprint density at radius 3 is 1.32 bits per heavy atom. The van der Waals surface area contributed by atoms with E-state index < -0.39 is 0 Å². The van der Waals surface area contributed by atoms with Gasteiger partial charge in [-0.1, -0.05) is 136 Å². The molecule has 2 aliphatic rings. The maximum absolute atomic E-state index is 9.82. The third-order valence-corrected chi connectivity index (χ3v) is 15.3. The Kier molecular flexibility index (Phi) is 10.2. The average Bonchev–Trinajstić information content (AvgIpc) is 3.74. The third kappa shape index (κ3) is 7.23. The van der Waals surface area contributed by atoms with E-state index in [2.05, 4.69) is 279 Å². The molecule has 0 atom stereocenters. The molecule has 73 heavy (non-hydrogen) atoms. The fourth-order valence-electron chi connectivity index (χ4n) is 11.6. The van der Waals surface area contributed by atoms with Gasteiger partial charge in [-0.3, -0.25) is 0 Å². The van der Waals surface area contributed by atoms with Crippen LogP contribution in [-0.2, 0) is 7.05 Å². The molecule has 1 aromatic heterocycles. The van der Waals surface area contributed by atoms with Crippen LogP contribution < -0.4 is 36.0 Å². The minimum Gasteiger partial charge on any atom is -0.342 e. The number of fused-ring (bicyclic) bond motifs is 8. The molecule has 0 fully saturated rings. The summed E-state index contributed by atoms with van der Waals surface area (Å²) in [5, 5.41) is 2.42. The van der Waals surface area contributed by atoms with Gasteiger partial charge in [-0.05, 0) is 167 Å². The van der Waals surface area contributed by atoms with Crippen LogP contribution in [-0.4, -0.2) is 11.3 Å². The number of rotatable bonds is 8. The molecule has 0 radical (unpaired) electrons. The molecular formula is C67H56BN5. The lowest BCUT2D eigenvalue weighted by atomic mass is 9.33. The summed E-state index contributed by atoms with van der Waals surface area (Å²) >= 11 is 0. The van der Waals surface area contributed by atoms with Gasteiger partial charge < -0.3 is 24.2 Å². The Balaban J connectivity index is 1.17. The molecule has 5 nitrogen and oxygen atoms in total. The number of anilines is 12. The topological polar surface area (TPSA) is 17.9 Å². The zero-order valence-electron chi connectivity index (χ0n) is 43.4. The van der Waals surface area contributed by atoms with Crippen molar-refractivity contribution in [3.05, 3.63) is 246 Å². The van der Waals surface area contributed by atoms with Crippen LogP contribution in [0.3, 0.4) is 0 Å². The van der Waals surface area contributed by atoms with Gasteiger partial charge in [0.15, 0.2) is 0 Å². The summed E-state index contributed by atoms with van der Waals surface area (Å²) in [5.41, 5.74) is 25.9. The van der Waals surface area contributed by atoms with Crippen molar-refractivity contribution in [3.8, 4) is 0 Å². The SMILES string of the molecule is [2H]c1cc2c3c(c1)N(c1ccc(C)cc1)c1cc(N(c4ccc(C)cc4)c4ccc(C)cc4)c4c(c1B3c1ccc(N(c3ccc(C)cc3)c3ccc(C)cc3)cc1N2c1ccc(C)cc1)c1ccccc1n4C. The van der Waals surface area contributed by atoms with Crippen LogP contribution in [0.25, 0.3) is 21.8 Å². The minimum absolute atomic E-state index is 0.218. The van der Waals surface area contributed by atoms with Gasteiger partial charge in [0.2, 0.25) is 0 Å². The van der Waals surface area contributed by atoms with E-state index in [1.807, 2.05) is 0 Å². The third-order valence-electron chi connectivity index (χ3n) is 15.3. The molecule has 0 amide bonds. The number of para-hydroxylation sites is 1. The molecule has 6 heteroatoms. The van der Waals surface area contributed by atoms with Crippen molar-refractivity contribution in [1.82, 2.24) is 4.57 Å². The molecule has 0 N–H and O–H groups in total. The molecule has 11 aromatic rings. The summed E-state index contributed by atoms with van der Waals surface area (Å²) in [6, 6.07) is 76.5. The van der Waals surface area contributed by atoms with Crippen LogP contribution in [0.1, 0.15) is 34.8 Å². The first kappa shape index (κ1) is 43.1. The molecule has 352 valence electrons. The van der Waals surface area contributed by atoms with Gasteiger partial charge >= 0.3 is 0 Å². The zero-order chi connectivity index (χ0) is 50.5. The van der Waals surface area contributed by atoms with Crippen LogP contribution >= 0.6 is 0 Å². The smallest absolute Gasteiger partial charge is 0.253 e. The fourth-order valence-corrected chi connectivity index (χ4v) is 11.6. The summed E-state index contributed by atoms with van der Waals surface area (Å²) in [6.45, 7) is 12.7. The summed E-state index contributed by atoms with van der Waals surface area (Å²) in [5.74, 6) is 0. The van der Waals surface area contributed by atoms with Crippen molar-refractivity contribution in [2.45, 2.75) is 41.5 Å². The van der Waals surface area contributed by atoms with E-state index in [0.717, 1.165) is 73.8 Å². The van der Waals surface area contributed by atoms with Crippen LogP contribution in [0.5, 0.6) is 0 Å². The summed E-state index contributed by atoms with van der Waals surface area (Å²) in [6.07, 6.45) is 0. The predicted octanol–water partition coefficient (Wildman–Crippen LogP) is 16.2. The lowest BCUT2D eigenvalue weighted by molar-refractivity contribution is 1.01. The highest BCUT2D eigenvalue weighted by molar-refractivity contribution is 7.02. The number of nitrogens with zero attached hydrogens (tertiary/aromatic N) is 5. The van der Waals surface area contributed by atoms with Gasteiger partial charge in [0.25, 0.3) is 6.71 Å². The zero-order valence-corrected chi connectivity index (χ0v) is 42.4. The van der Waals surface area contributed by atoms with E-state index in [4.69, 9.17) is 0 Å². The number of hydrogen-bond acceptors (Lipinski definition) is 4. The van der Waals surface area contributed by atoms with Crippen LogP contribution in [0.4, 0.5) is 68.2 Å². The minimum atomic E-state index is -0.218. The molecule has 0 unspecified atom stereocenters. The quantitative estimate of drug-likeness (QED) is 0.141. The van der Waals surface area contributed by atoms with Gasteiger partial charge in [0.1, 0.15) is 0 Å². The molecule has 0 bridgehead atoms. The molecule has 0 spiro atoms. The van der Waals surface area contributed by atoms with Crippen molar-refractivity contribution in [2.75, 3.05) is 19.6 Å². The fraction of sp³-hybridized carbons (Fsp3) is 0.104. The monoisotopic (exact) mass is 942 g/mol. The van der Waals surface area contributed by atoms with Crippen LogP contribution in [0, 0.1) is 41.5 Å². The highest BCUT2D eigenvalue weighted by atomic mass is 15.2. The van der Waals surface area contributed by atoms with Crippen molar-refractivity contribution in [1.29, 1.82) is 0 Å². The van der Waals surface area contributed by atoms with Gasteiger partial charge in [-0.2, -0.15) is 0 Å². The maximum atomic E-state index is 9.82. The van der Waals surface area contributed by atoms with E-state index in [0.29, 0.717) is 6.04 Å². The van der Waals surface area contributed by atoms with E-state index in [-0.39, 0.29) is 6.71 Å². The van der Waals surface area contributed by atoms with E-state index in [1.54, 1.807) is 0 Å². The molecule has 2 aliphatic heterocycles. The molecule has 10 aromatic carbocycles. The summed E-state index contributed by atoms with van der Waals surface area (Å²) in [7, 11) is 2.24. The molecular weight excluding hydrogens is 886 g/mol. The Hall–Kier alpha value is -8.74. The molecule has 0 aliphatic carbocycles. The Morgan fingerprint density at radius 2 is 0.822 bits per heavy atom. The predicted molar refractivity (Wildman–Crippen MR) is 312 cm³/mol. The lowest BCUT2D eigenvalue weighted by Crippen LogP contribution is -2.61. The summed E-state index contributed by atoms with van der Waals surface area (Å²) in [4.78, 5) is 9.71. The molecule has 13 rings (SSSR count).